The number of carbonyl (C=O) groups excluding carboxylic acids is 2. The number of unbranched alkanes of at least 4 members (excludes halogenated alkanes) is 1. The molecule has 0 aromatic heterocycles. The molecule has 0 radical (unpaired) electrons. The van der Waals surface area contributed by atoms with Gasteiger partial charge in [-0.1, -0.05) is 31.5 Å². The highest BCUT2D eigenvalue weighted by atomic mass is 16.5. The molecule has 7 heteroatoms. The van der Waals surface area contributed by atoms with Crippen LogP contribution in [0.5, 0.6) is 11.5 Å². The summed E-state index contributed by atoms with van der Waals surface area (Å²) in [5, 5.41) is 2.88. The third kappa shape index (κ3) is 7.63. The molecule has 34 heavy (non-hydrogen) atoms. The molecular formula is C27H35N3O4. The van der Waals surface area contributed by atoms with Crippen LogP contribution < -0.4 is 20.5 Å². The topological polar surface area (TPSA) is 93.9 Å². The Balaban J connectivity index is 1.52. The molecular weight excluding hydrogens is 430 g/mol. The molecule has 0 bridgehead atoms. The molecule has 1 aliphatic heterocycles. The predicted molar refractivity (Wildman–Crippen MR) is 135 cm³/mol. The summed E-state index contributed by atoms with van der Waals surface area (Å²) >= 11 is 0. The number of primary amides is 1. The molecule has 7 nitrogen and oxygen atoms in total. The molecule has 0 saturated carbocycles. The Labute approximate surface area is 201 Å². The Morgan fingerprint density at radius 3 is 2.68 bits per heavy atom. The van der Waals surface area contributed by atoms with Gasteiger partial charge in [-0.15, -0.1) is 0 Å². The van der Waals surface area contributed by atoms with E-state index in [2.05, 4.69) is 17.1 Å². The first-order chi connectivity index (χ1) is 16.5. The quantitative estimate of drug-likeness (QED) is 0.383. The van der Waals surface area contributed by atoms with Crippen molar-refractivity contribution in [1.82, 2.24) is 4.90 Å². The minimum absolute atomic E-state index is 0.0659. The summed E-state index contributed by atoms with van der Waals surface area (Å²) in [6.07, 6.45) is 7.14. The summed E-state index contributed by atoms with van der Waals surface area (Å²) in [5.41, 5.74) is 8.18. The van der Waals surface area contributed by atoms with Crippen molar-refractivity contribution in [2.75, 3.05) is 32.1 Å². The highest BCUT2D eigenvalue weighted by Gasteiger charge is 2.23. The number of amides is 2. The van der Waals surface area contributed by atoms with Gasteiger partial charge in [0.1, 0.15) is 0 Å². The molecule has 0 spiro atoms. The SMILES string of the molecule is CCCCOc1ccc(/C=C/C(=O)Nc2ccc(CN3CCCC(C(N)=O)C3)cc2)cc1OC. The van der Waals surface area contributed by atoms with E-state index in [-0.39, 0.29) is 17.7 Å². The van der Waals surface area contributed by atoms with Crippen LogP contribution in [0, 0.1) is 5.92 Å². The molecule has 2 aromatic rings. The molecule has 1 aliphatic rings. The monoisotopic (exact) mass is 465 g/mol. The van der Waals surface area contributed by atoms with Gasteiger partial charge in [-0.2, -0.15) is 0 Å². The number of nitrogens with two attached hydrogens (primary N) is 1. The Bertz CT molecular complexity index is 988. The van der Waals surface area contributed by atoms with Gasteiger partial charge in [-0.3, -0.25) is 14.5 Å². The first-order valence-corrected chi connectivity index (χ1v) is 11.9. The third-order valence-corrected chi connectivity index (χ3v) is 5.91. The second-order valence-electron chi connectivity index (χ2n) is 8.61. The molecule has 1 saturated heterocycles. The standard InChI is InChI=1S/C27H35N3O4/c1-3-4-16-34-24-13-9-20(17-25(24)33-2)10-14-26(31)29-23-11-7-21(8-12-23)18-30-15-5-6-22(19-30)27(28)32/h7-14,17,22H,3-6,15-16,18-19H2,1-2H3,(H2,28,32)(H,29,31)/b14-10+. The zero-order valence-electron chi connectivity index (χ0n) is 20.1. The fraction of sp³-hybridized carbons (Fsp3) is 0.407. The lowest BCUT2D eigenvalue weighted by Crippen LogP contribution is -2.40. The van der Waals surface area contributed by atoms with E-state index in [1.165, 1.54) is 6.08 Å². The Kier molecular flexibility index (Phi) is 9.52. The average molecular weight is 466 g/mol. The van der Waals surface area contributed by atoms with Gasteiger partial charge in [-0.05, 0) is 67.3 Å². The highest BCUT2D eigenvalue weighted by molar-refractivity contribution is 6.01. The van der Waals surface area contributed by atoms with E-state index >= 15 is 0 Å². The number of likely N-dealkylation sites (tertiary alicyclic amines) is 1. The number of carbonyl (C=O) groups is 2. The molecule has 1 heterocycles. The van der Waals surface area contributed by atoms with E-state index in [0.717, 1.165) is 55.6 Å². The number of ether oxygens (including phenoxy) is 2. The van der Waals surface area contributed by atoms with Gasteiger partial charge in [0.05, 0.1) is 19.6 Å². The predicted octanol–water partition coefficient (Wildman–Crippen LogP) is 4.22. The van der Waals surface area contributed by atoms with Crippen LogP contribution in [0.25, 0.3) is 6.08 Å². The fourth-order valence-corrected chi connectivity index (χ4v) is 3.97. The van der Waals surface area contributed by atoms with E-state index in [1.54, 1.807) is 13.2 Å². The average Bonchev–Trinajstić information content (AvgIpc) is 2.84. The summed E-state index contributed by atoms with van der Waals surface area (Å²) in [6.45, 7) is 5.19. The van der Waals surface area contributed by atoms with Crippen LogP contribution in [0.15, 0.2) is 48.5 Å². The number of piperidine rings is 1. The number of hydrogen-bond acceptors (Lipinski definition) is 5. The molecule has 3 rings (SSSR count). The Morgan fingerprint density at radius 2 is 1.97 bits per heavy atom. The largest absolute Gasteiger partial charge is 0.493 e. The normalized spacial score (nSPS) is 16.4. The minimum atomic E-state index is -0.217. The van der Waals surface area contributed by atoms with Gasteiger partial charge in [0, 0.05) is 24.9 Å². The highest BCUT2D eigenvalue weighted by Crippen LogP contribution is 2.29. The Hall–Kier alpha value is -3.32. The number of methoxy groups -OCH3 is 1. The molecule has 2 aromatic carbocycles. The maximum absolute atomic E-state index is 12.4. The van der Waals surface area contributed by atoms with E-state index in [4.69, 9.17) is 15.2 Å². The van der Waals surface area contributed by atoms with E-state index in [1.807, 2.05) is 42.5 Å². The van der Waals surface area contributed by atoms with Gasteiger partial charge in [0.2, 0.25) is 11.8 Å². The maximum atomic E-state index is 12.4. The van der Waals surface area contributed by atoms with Gasteiger partial charge < -0.3 is 20.5 Å². The van der Waals surface area contributed by atoms with Crippen LogP contribution in [-0.2, 0) is 16.1 Å². The van der Waals surface area contributed by atoms with Gasteiger partial charge >= 0.3 is 0 Å². The second kappa shape index (κ2) is 12.8. The van der Waals surface area contributed by atoms with Gasteiger partial charge in [0.25, 0.3) is 0 Å². The van der Waals surface area contributed by atoms with Crippen molar-refractivity contribution in [1.29, 1.82) is 0 Å². The van der Waals surface area contributed by atoms with E-state index < -0.39 is 0 Å². The lowest BCUT2D eigenvalue weighted by Gasteiger charge is -2.31. The van der Waals surface area contributed by atoms with Crippen molar-refractivity contribution in [3.63, 3.8) is 0 Å². The number of nitrogens with zero attached hydrogens (tertiary/aromatic N) is 1. The van der Waals surface area contributed by atoms with Crippen molar-refractivity contribution in [2.45, 2.75) is 39.2 Å². The Morgan fingerprint density at radius 1 is 1.18 bits per heavy atom. The molecule has 1 fully saturated rings. The molecule has 1 unspecified atom stereocenters. The summed E-state index contributed by atoms with van der Waals surface area (Å²) in [6, 6.07) is 13.4. The summed E-state index contributed by atoms with van der Waals surface area (Å²) in [5.74, 6) is 0.849. The van der Waals surface area contributed by atoms with Crippen LogP contribution in [0.3, 0.4) is 0 Å². The van der Waals surface area contributed by atoms with Crippen LogP contribution in [0.1, 0.15) is 43.7 Å². The van der Waals surface area contributed by atoms with E-state index in [0.29, 0.717) is 24.7 Å². The maximum Gasteiger partial charge on any atom is 0.248 e. The summed E-state index contributed by atoms with van der Waals surface area (Å²) in [4.78, 5) is 26.1. The number of hydrogen-bond donors (Lipinski definition) is 2. The van der Waals surface area contributed by atoms with Crippen molar-refractivity contribution < 1.29 is 19.1 Å². The van der Waals surface area contributed by atoms with Crippen LogP contribution in [0.2, 0.25) is 0 Å². The first-order valence-electron chi connectivity index (χ1n) is 11.9. The smallest absolute Gasteiger partial charge is 0.248 e. The summed E-state index contributed by atoms with van der Waals surface area (Å²) in [7, 11) is 1.60. The van der Waals surface area contributed by atoms with E-state index in [9.17, 15) is 9.59 Å². The third-order valence-electron chi connectivity index (χ3n) is 5.91. The van der Waals surface area contributed by atoms with Gasteiger partial charge in [0.15, 0.2) is 11.5 Å². The zero-order valence-corrected chi connectivity index (χ0v) is 20.1. The lowest BCUT2D eigenvalue weighted by molar-refractivity contribution is -0.123. The first kappa shape index (κ1) is 25.3. The molecule has 0 aliphatic carbocycles. The van der Waals surface area contributed by atoms with Crippen molar-refractivity contribution in [3.8, 4) is 11.5 Å². The van der Waals surface area contributed by atoms with Crippen LogP contribution >= 0.6 is 0 Å². The molecule has 182 valence electrons. The van der Waals surface area contributed by atoms with Crippen molar-refractivity contribution in [3.05, 3.63) is 59.7 Å². The summed E-state index contributed by atoms with van der Waals surface area (Å²) < 4.78 is 11.2. The number of anilines is 1. The van der Waals surface area contributed by atoms with Crippen molar-refractivity contribution in [2.24, 2.45) is 11.7 Å². The lowest BCUT2D eigenvalue weighted by atomic mass is 9.97. The molecule has 3 N–H and O–H groups in total. The fourth-order valence-electron chi connectivity index (χ4n) is 3.97. The minimum Gasteiger partial charge on any atom is -0.493 e. The van der Waals surface area contributed by atoms with Gasteiger partial charge in [-0.25, -0.2) is 0 Å². The number of rotatable bonds is 11. The van der Waals surface area contributed by atoms with Crippen molar-refractivity contribution >= 4 is 23.6 Å². The number of benzene rings is 2. The van der Waals surface area contributed by atoms with Crippen LogP contribution in [0.4, 0.5) is 5.69 Å². The number of nitrogens with one attached hydrogen (secondary N) is 1. The van der Waals surface area contributed by atoms with Crippen LogP contribution in [-0.4, -0.2) is 43.5 Å². The molecule has 1 atom stereocenters. The zero-order chi connectivity index (χ0) is 24.3. The second-order valence-corrected chi connectivity index (χ2v) is 8.61. The molecule has 2 amide bonds.